The molecule has 3 aromatic carbocycles. The van der Waals surface area contributed by atoms with Gasteiger partial charge in [-0.3, -0.25) is 13.9 Å². The molecule has 0 aliphatic rings. The molecule has 0 spiro atoms. The van der Waals surface area contributed by atoms with Crippen molar-refractivity contribution in [1.82, 2.24) is 10.2 Å². The van der Waals surface area contributed by atoms with E-state index in [9.17, 15) is 18.0 Å². The molecule has 3 rings (SSSR count). The van der Waals surface area contributed by atoms with Crippen molar-refractivity contribution >= 4 is 27.5 Å². The molecule has 38 heavy (non-hydrogen) atoms. The van der Waals surface area contributed by atoms with Crippen molar-refractivity contribution < 1.29 is 18.0 Å². The van der Waals surface area contributed by atoms with Crippen molar-refractivity contribution in [3.63, 3.8) is 0 Å². The van der Waals surface area contributed by atoms with Gasteiger partial charge in [-0.2, -0.15) is 0 Å². The van der Waals surface area contributed by atoms with Gasteiger partial charge in [0.2, 0.25) is 11.8 Å². The topological polar surface area (TPSA) is 86.8 Å². The molecule has 0 fully saturated rings. The number of benzene rings is 3. The monoisotopic (exact) mass is 535 g/mol. The van der Waals surface area contributed by atoms with E-state index in [1.54, 1.807) is 61.5 Å². The number of anilines is 1. The summed E-state index contributed by atoms with van der Waals surface area (Å²) in [5.74, 6) is -0.756. The van der Waals surface area contributed by atoms with Crippen molar-refractivity contribution in [3.8, 4) is 0 Å². The molecule has 0 saturated carbocycles. The van der Waals surface area contributed by atoms with Gasteiger partial charge in [0.25, 0.3) is 10.0 Å². The van der Waals surface area contributed by atoms with Gasteiger partial charge in [-0.05, 0) is 69.5 Å². The van der Waals surface area contributed by atoms with Crippen LogP contribution in [0.2, 0.25) is 0 Å². The number of rotatable bonds is 11. The number of sulfonamides is 1. The number of amides is 2. The second-order valence-corrected chi connectivity index (χ2v) is 11.5. The predicted octanol–water partition coefficient (Wildman–Crippen LogP) is 4.83. The van der Waals surface area contributed by atoms with Gasteiger partial charge in [-0.1, -0.05) is 67.1 Å². The first-order chi connectivity index (χ1) is 18.0. The van der Waals surface area contributed by atoms with E-state index in [4.69, 9.17) is 0 Å². The number of nitrogens with one attached hydrogen (secondary N) is 1. The molecule has 1 N–H and O–H groups in total. The summed E-state index contributed by atoms with van der Waals surface area (Å²) < 4.78 is 28.7. The lowest BCUT2D eigenvalue weighted by Crippen LogP contribution is -2.52. The molecular weight excluding hydrogens is 498 g/mol. The van der Waals surface area contributed by atoms with Crippen molar-refractivity contribution in [1.29, 1.82) is 0 Å². The lowest BCUT2D eigenvalue weighted by molar-refractivity contribution is -0.139. The van der Waals surface area contributed by atoms with Crippen LogP contribution >= 0.6 is 0 Å². The number of carbonyl (C=O) groups is 2. The largest absolute Gasteiger partial charge is 0.352 e. The second kappa shape index (κ2) is 12.7. The first-order valence-electron chi connectivity index (χ1n) is 12.8. The van der Waals surface area contributed by atoms with Crippen molar-refractivity contribution in [2.24, 2.45) is 0 Å². The van der Waals surface area contributed by atoms with E-state index in [-0.39, 0.29) is 23.4 Å². The Bertz CT molecular complexity index is 1340. The van der Waals surface area contributed by atoms with Gasteiger partial charge >= 0.3 is 0 Å². The highest BCUT2D eigenvalue weighted by atomic mass is 32.2. The Morgan fingerprint density at radius 2 is 1.47 bits per heavy atom. The first kappa shape index (κ1) is 28.9. The highest BCUT2D eigenvalue weighted by molar-refractivity contribution is 7.92. The summed E-state index contributed by atoms with van der Waals surface area (Å²) in [6.45, 7) is 9.10. The Hall–Kier alpha value is -3.65. The van der Waals surface area contributed by atoms with E-state index in [1.807, 2.05) is 52.0 Å². The highest BCUT2D eigenvalue weighted by Gasteiger charge is 2.32. The third-order valence-electron chi connectivity index (χ3n) is 6.70. The molecule has 2 atom stereocenters. The molecule has 0 bridgehead atoms. The maximum absolute atomic E-state index is 13.9. The van der Waals surface area contributed by atoms with E-state index in [2.05, 4.69) is 5.32 Å². The van der Waals surface area contributed by atoms with Gasteiger partial charge in [0.05, 0.1) is 10.6 Å². The summed E-state index contributed by atoms with van der Waals surface area (Å²) >= 11 is 0. The molecule has 0 unspecified atom stereocenters. The summed E-state index contributed by atoms with van der Waals surface area (Å²) in [5, 5.41) is 2.95. The van der Waals surface area contributed by atoms with Gasteiger partial charge < -0.3 is 10.2 Å². The zero-order chi connectivity index (χ0) is 27.9. The number of hydrogen-bond acceptors (Lipinski definition) is 4. The van der Waals surface area contributed by atoms with Crippen LogP contribution in [-0.4, -0.2) is 43.8 Å². The Morgan fingerprint density at radius 1 is 0.868 bits per heavy atom. The summed E-state index contributed by atoms with van der Waals surface area (Å²) in [6, 6.07) is 21.9. The quantitative estimate of drug-likeness (QED) is 0.381. The molecule has 2 amide bonds. The molecule has 0 aliphatic heterocycles. The van der Waals surface area contributed by atoms with Crippen LogP contribution in [0.4, 0.5) is 5.69 Å². The third-order valence-corrected chi connectivity index (χ3v) is 8.49. The SMILES string of the molecule is CC[C@H](C)NC(=O)[C@H](C)N(Cc1ccccc1C)C(=O)CN(c1ccccc1)S(=O)(=O)c1ccc(C)cc1. The zero-order valence-electron chi connectivity index (χ0n) is 22.7. The minimum absolute atomic E-state index is 0.0527. The Balaban J connectivity index is 2.01. The molecular formula is C30H37N3O4S. The van der Waals surface area contributed by atoms with Crippen molar-refractivity contribution in [2.75, 3.05) is 10.8 Å². The van der Waals surface area contributed by atoms with E-state index < -0.39 is 28.5 Å². The summed E-state index contributed by atoms with van der Waals surface area (Å²) in [6.07, 6.45) is 0.751. The van der Waals surface area contributed by atoms with E-state index in [0.29, 0.717) is 5.69 Å². The van der Waals surface area contributed by atoms with Crippen LogP contribution < -0.4 is 9.62 Å². The van der Waals surface area contributed by atoms with Crippen LogP contribution in [0.15, 0.2) is 83.8 Å². The Morgan fingerprint density at radius 3 is 2.08 bits per heavy atom. The number of carbonyl (C=O) groups excluding carboxylic acids is 2. The highest BCUT2D eigenvalue weighted by Crippen LogP contribution is 2.25. The number of para-hydroxylation sites is 1. The zero-order valence-corrected chi connectivity index (χ0v) is 23.5. The molecule has 8 heteroatoms. The van der Waals surface area contributed by atoms with E-state index >= 15 is 0 Å². The standard InChI is InChI=1S/C30H37N3O4S/c1-6-24(4)31-30(35)25(5)32(20-26-13-11-10-12-23(26)3)29(34)21-33(27-14-8-7-9-15-27)38(36,37)28-18-16-22(2)17-19-28/h7-19,24-25H,6,20-21H2,1-5H3,(H,31,35)/t24-,25-/m0/s1. The fraction of sp³-hybridized carbons (Fsp3) is 0.333. The minimum Gasteiger partial charge on any atom is -0.352 e. The summed E-state index contributed by atoms with van der Waals surface area (Å²) in [5.41, 5.74) is 3.16. The van der Waals surface area contributed by atoms with Crippen LogP contribution in [0.25, 0.3) is 0 Å². The minimum atomic E-state index is -4.06. The lowest BCUT2D eigenvalue weighted by Gasteiger charge is -2.32. The van der Waals surface area contributed by atoms with Crippen LogP contribution in [0.3, 0.4) is 0 Å². The summed E-state index contributed by atoms with van der Waals surface area (Å²) in [4.78, 5) is 28.6. The molecule has 3 aromatic rings. The average Bonchev–Trinajstić information content (AvgIpc) is 2.91. The molecule has 0 heterocycles. The average molecular weight is 536 g/mol. The molecule has 202 valence electrons. The van der Waals surface area contributed by atoms with Gasteiger partial charge in [0.15, 0.2) is 0 Å². The number of nitrogens with zero attached hydrogens (tertiary/aromatic N) is 2. The first-order valence-corrected chi connectivity index (χ1v) is 14.3. The van der Waals surface area contributed by atoms with E-state index in [1.165, 1.54) is 4.90 Å². The molecule has 7 nitrogen and oxygen atoms in total. The van der Waals surface area contributed by atoms with Gasteiger partial charge in [-0.25, -0.2) is 8.42 Å². The number of hydrogen-bond donors (Lipinski definition) is 1. The van der Waals surface area contributed by atoms with Crippen molar-refractivity contribution in [3.05, 3.63) is 95.6 Å². The van der Waals surface area contributed by atoms with Gasteiger partial charge in [-0.15, -0.1) is 0 Å². The lowest BCUT2D eigenvalue weighted by atomic mass is 10.1. The third kappa shape index (κ3) is 7.01. The fourth-order valence-corrected chi connectivity index (χ4v) is 5.39. The normalized spacial score (nSPS) is 12.9. The maximum atomic E-state index is 13.9. The second-order valence-electron chi connectivity index (χ2n) is 9.60. The Kier molecular flexibility index (Phi) is 9.69. The molecule has 0 aliphatic carbocycles. The van der Waals surface area contributed by atoms with E-state index in [0.717, 1.165) is 27.4 Å². The van der Waals surface area contributed by atoms with Crippen molar-refractivity contribution in [2.45, 2.75) is 64.6 Å². The fourth-order valence-electron chi connectivity index (χ4n) is 3.98. The number of aryl methyl sites for hydroxylation is 2. The van der Waals surface area contributed by atoms with Gasteiger partial charge in [0, 0.05) is 12.6 Å². The maximum Gasteiger partial charge on any atom is 0.264 e. The smallest absolute Gasteiger partial charge is 0.264 e. The summed E-state index contributed by atoms with van der Waals surface area (Å²) in [7, 11) is -4.06. The molecule has 0 radical (unpaired) electrons. The molecule has 0 saturated heterocycles. The van der Waals surface area contributed by atoms with Crippen LogP contribution in [0.1, 0.15) is 43.9 Å². The van der Waals surface area contributed by atoms with Crippen LogP contribution in [0, 0.1) is 13.8 Å². The molecule has 0 aromatic heterocycles. The van der Waals surface area contributed by atoms with Crippen LogP contribution in [0.5, 0.6) is 0 Å². The van der Waals surface area contributed by atoms with Crippen LogP contribution in [-0.2, 0) is 26.2 Å². The Labute approximate surface area is 226 Å². The van der Waals surface area contributed by atoms with Gasteiger partial charge in [0.1, 0.15) is 12.6 Å². The predicted molar refractivity (Wildman–Crippen MR) is 151 cm³/mol.